The second-order valence-electron chi connectivity index (χ2n) is 3.84. The molecule has 0 bridgehead atoms. The number of thiophene rings is 1. The Hall–Kier alpha value is -1.62. The summed E-state index contributed by atoms with van der Waals surface area (Å²) in [4.78, 5) is 1.32. The molecule has 17 heavy (non-hydrogen) atoms. The molecule has 0 aliphatic carbocycles. The average Bonchev–Trinajstić information content (AvgIpc) is 2.85. The van der Waals surface area contributed by atoms with Gasteiger partial charge < -0.3 is 11.1 Å². The van der Waals surface area contributed by atoms with Crippen LogP contribution in [0.2, 0.25) is 0 Å². The van der Waals surface area contributed by atoms with Crippen LogP contribution in [0.5, 0.6) is 0 Å². The van der Waals surface area contributed by atoms with Crippen LogP contribution < -0.4 is 11.1 Å². The van der Waals surface area contributed by atoms with Gasteiger partial charge in [0.25, 0.3) is 0 Å². The molecule has 1 atom stereocenters. The van der Waals surface area contributed by atoms with Crippen LogP contribution in [0.15, 0.2) is 29.6 Å². The minimum absolute atomic E-state index is 0.304. The van der Waals surface area contributed by atoms with Gasteiger partial charge in [0.05, 0.1) is 6.04 Å². The van der Waals surface area contributed by atoms with E-state index in [1.807, 2.05) is 6.07 Å². The van der Waals surface area contributed by atoms with Crippen LogP contribution in [-0.2, 0) is 0 Å². The first-order chi connectivity index (χ1) is 8.29. The molecule has 0 spiro atoms. The highest BCUT2D eigenvalue weighted by molar-refractivity contribution is 7.10. The van der Waals surface area contributed by atoms with Crippen LogP contribution in [0.1, 0.15) is 30.7 Å². The van der Waals surface area contributed by atoms with E-state index in [1.54, 1.807) is 17.4 Å². The smallest absolute Gasteiger partial charge is 0.149 e. The molecule has 0 saturated carbocycles. The molecule has 0 aliphatic rings. The van der Waals surface area contributed by atoms with E-state index in [9.17, 15) is 0 Å². The fraction of sp³-hybridized carbons (Fsp3) is 0.333. The molecule has 2 heterocycles. The summed E-state index contributed by atoms with van der Waals surface area (Å²) < 4.78 is 0. The van der Waals surface area contributed by atoms with E-state index in [1.165, 1.54) is 4.88 Å². The molecule has 0 amide bonds. The van der Waals surface area contributed by atoms with Crippen LogP contribution in [0.25, 0.3) is 0 Å². The van der Waals surface area contributed by atoms with Gasteiger partial charge in [-0.3, -0.25) is 0 Å². The van der Waals surface area contributed by atoms with Gasteiger partial charge >= 0.3 is 0 Å². The quantitative estimate of drug-likeness (QED) is 0.853. The number of nitrogens with zero attached hydrogens (tertiary/aromatic N) is 2. The first-order valence-electron chi connectivity index (χ1n) is 5.68. The molecule has 3 N–H and O–H groups in total. The fourth-order valence-electron chi connectivity index (χ4n) is 1.66. The van der Waals surface area contributed by atoms with Gasteiger partial charge in [-0.25, -0.2) is 0 Å². The van der Waals surface area contributed by atoms with Gasteiger partial charge in [0.15, 0.2) is 0 Å². The zero-order chi connectivity index (χ0) is 12.1. The lowest BCUT2D eigenvalue weighted by Crippen LogP contribution is -2.11. The van der Waals surface area contributed by atoms with Crippen molar-refractivity contribution < 1.29 is 0 Å². The van der Waals surface area contributed by atoms with Crippen molar-refractivity contribution in [3.63, 3.8) is 0 Å². The predicted molar refractivity (Wildman–Crippen MR) is 72.0 cm³/mol. The second kappa shape index (κ2) is 5.63. The lowest BCUT2D eigenvalue weighted by molar-refractivity contribution is 0.682. The van der Waals surface area contributed by atoms with E-state index in [0.29, 0.717) is 11.9 Å². The third-order valence-electron chi connectivity index (χ3n) is 2.47. The molecule has 0 fully saturated rings. The first kappa shape index (κ1) is 11.9. The summed E-state index contributed by atoms with van der Waals surface area (Å²) in [5.74, 6) is 1.21. The Bertz CT molecular complexity index is 438. The number of hydrogen-bond acceptors (Lipinski definition) is 5. The summed E-state index contributed by atoms with van der Waals surface area (Å²) in [5, 5.41) is 13.4. The van der Waals surface area contributed by atoms with Crippen molar-refractivity contribution in [3.05, 3.63) is 34.5 Å². The highest BCUT2D eigenvalue weighted by Crippen LogP contribution is 2.26. The van der Waals surface area contributed by atoms with Crippen molar-refractivity contribution in [2.75, 3.05) is 11.1 Å². The maximum atomic E-state index is 5.51. The Labute approximate surface area is 105 Å². The largest absolute Gasteiger partial charge is 0.382 e. The molecule has 4 nitrogen and oxygen atoms in total. The van der Waals surface area contributed by atoms with E-state index < -0.39 is 0 Å². The molecular weight excluding hydrogens is 232 g/mol. The van der Waals surface area contributed by atoms with Gasteiger partial charge in [0, 0.05) is 4.88 Å². The molecule has 2 aromatic rings. The van der Waals surface area contributed by atoms with Crippen molar-refractivity contribution in [2.45, 2.75) is 25.8 Å². The van der Waals surface area contributed by atoms with E-state index in [-0.39, 0.29) is 0 Å². The van der Waals surface area contributed by atoms with E-state index in [2.05, 4.69) is 40.0 Å². The summed E-state index contributed by atoms with van der Waals surface area (Å²) in [6.07, 6.45) is 2.20. The molecule has 5 heteroatoms. The van der Waals surface area contributed by atoms with Gasteiger partial charge in [0.2, 0.25) is 0 Å². The number of nitrogens with one attached hydrogen (secondary N) is 1. The van der Waals surface area contributed by atoms with Crippen molar-refractivity contribution in [1.29, 1.82) is 0 Å². The maximum Gasteiger partial charge on any atom is 0.149 e. The van der Waals surface area contributed by atoms with Crippen LogP contribution in [0.4, 0.5) is 11.6 Å². The highest BCUT2D eigenvalue weighted by Gasteiger charge is 2.11. The lowest BCUT2D eigenvalue weighted by atomic mass is 10.1. The number of nitrogens with two attached hydrogens (primary N) is 1. The summed E-state index contributed by atoms with van der Waals surface area (Å²) in [6, 6.07) is 8.13. The fourth-order valence-corrected chi connectivity index (χ4v) is 2.47. The zero-order valence-corrected chi connectivity index (χ0v) is 10.6. The minimum Gasteiger partial charge on any atom is -0.382 e. The minimum atomic E-state index is 0.304. The number of anilines is 2. The van der Waals surface area contributed by atoms with E-state index >= 15 is 0 Å². The molecule has 2 rings (SSSR count). The van der Waals surface area contributed by atoms with Crippen LogP contribution in [-0.4, -0.2) is 10.2 Å². The Balaban J connectivity index is 2.10. The van der Waals surface area contributed by atoms with E-state index in [0.717, 1.165) is 18.7 Å². The SMILES string of the molecule is CCCC(Nc1ccc(N)nn1)c1cccs1. The zero-order valence-electron chi connectivity index (χ0n) is 9.76. The Morgan fingerprint density at radius 3 is 2.82 bits per heavy atom. The van der Waals surface area contributed by atoms with Gasteiger partial charge in [-0.2, -0.15) is 0 Å². The highest BCUT2D eigenvalue weighted by atomic mass is 32.1. The standard InChI is InChI=1S/C12H16N4S/c1-2-4-9(10-5-3-8-17-10)14-12-7-6-11(13)15-16-12/h3,5-9H,2,4H2,1H3,(H2,13,15)(H,14,16). The van der Waals surface area contributed by atoms with Crippen LogP contribution in [0.3, 0.4) is 0 Å². The molecule has 0 aromatic carbocycles. The number of aromatic nitrogens is 2. The third kappa shape index (κ3) is 3.17. The van der Waals surface area contributed by atoms with E-state index in [4.69, 9.17) is 5.73 Å². The Morgan fingerprint density at radius 1 is 1.35 bits per heavy atom. The lowest BCUT2D eigenvalue weighted by Gasteiger charge is -2.16. The summed E-state index contributed by atoms with van der Waals surface area (Å²) >= 11 is 1.76. The maximum absolute atomic E-state index is 5.51. The van der Waals surface area contributed by atoms with Crippen molar-refractivity contribution in [2.24, 2.45) is 0 Å². The normalized spacial score (nSPS) is 12.3. The topological polar surface area (TPSA) is 63.8 Å². The van der Waals surface area contributed by atoms with Crippen molar-refractivity contribution >= 4 is 23.0 Å². The predicted octanol–water partition coefficient (Wildman–Crippen LogP) is 3.07. The van der Waals surface area contributed by atoms with Gasteiger partial charge in [0.1, 0.15) is 11.6 Å². The number of rotatable bonds is 5. The summed E-state index contributed by atoms with van der Waals surface area (Å²) in [7, 11) is 0. The van der Waals surface area contributed by atoms with Gasteiger partial charge in [-0.05, 0) is 30.0 Å². The van der Waals surface area contributed by atoms with Crippen molar-refractivity contribution in [3.8, 4) is 0 Å². The molecule has 0 saturated heterocycles. The summed E-state index contributed by atoms with van der Waals surface area (Å²) in [6.45, 7) is 2.18. The molecule has 0 radical (unpaired) electrons. The molecular formula is C12H16N4S. The second-order valence-corrected chi connectivity index (χ2v) is 4.82. The van der Waals surface area contributed by atoms with Gasteiger partial charge in [-0.1, -0.05) is 19.4 Å². The number of hydrogen-bond donors (Lipinski definition) is 2. The number of nitrogen functional groups attached to an aromatic ring is 1. The molecule has 1 unspecified atom stereocenters. The molecule has 90 valence electrons. The molecule has 2 aromatic heterocycles. The monoisotopic (exact) mass is 248 g/mol. The average molecular weight is 248 g/mol. The third-order valence-corrected chi connectivity index (χ3v) is 3.46. The Morgan fingerprint density at radius 2 is 2.24 bits per heavy atom. The Kier molecular flexibility index (Phi) is 3.93. The molecule has 0 aliphatic heterocycles. The summed E-state index contributed by atoms with van der Waals surface area (Å²) in [5.41, 5.74) is 5.51. The van der Waals surface area contributed by atoms with Gasteiger partial charge in [-0.15, -0.1) is 21.5 Å². The van der Waals surface area contributed by atoms with Crippen LogP contribution >= 0.6 is 11.3 Å². The van der Waals surface area contributed by atoms with Crippen LogP contribution in [0, 0.1) is 0 Å². The first-order valence-corrected chi connectivity index (χ1v) is 6.56. The van der Waals surface area contributed by atoms with Crippen molar-refractivity contribution in [1.82, 2.24) is 10.2 Å².